The van der Waals surface area contributed by atoms with Gasteiger partial charge in [-0.05, 0) is 43.6 Å². The number of benzene rings is 2. The summed E-state index contributed by atoms with van der Waals surface area (Å²) in [5.74, 6) is 0. The number of hydrogen-bond acceptors (Lipinski definition) is 2. The van der Waals surface area contributed by atoms with Gasteiger partial charge in [0.25, 0.3) is 0 Å². The van der Waals surface area contributed by atoms with Gasteiger partial charge in [-0.3, -0.25) is 0 Å². The number of nitrogens with zero attached hydrogens (tertiary/aromatic N) is 1. The first-order chi connectivity index (χ1) is 11.7. The second kappa shape index (κ2) is 9.38. The molecule has 0 atom stereocenters. The molecule has 0 N–H and O–H groups in total. The van der Waals surface area contributed by atoms with Crippen LogP contribution in [0.1, 0.15) is 48.8 Å². The molecule has 0 spiro atoms. The number of halogens is 1. The van der Waals surface area contributed by atoms with Crippen molar-refractivity contribution in [1.82, 2.24) is 4.90 Å². The van der Waals surface area contributed by atoms with Gasteiger partial charge < -0.3 is 9.64 Å². The summed E-state index contributed by atoms with van der Waals surface area (Å²) in [5, 5.41) is 0. The highest BCUT2D eigenvalue weighted by molar-refractivity contribution is 5.85. The zero-order valence-corrected chi connectivity index (χ0v) is 16.2. The van der Waals surface area contributed by atoms with E-state index in [-0.39, 0.29) is 18.0 Å². The molecule has 1 saturated carbocycles. The van der Waals surface area contributed by atoms with Crippen molar-refractivity contribution in [3.8, 4) is 0 Å². The second-order valence-corrected chi connectivity index (χ2v) is 7.26. The van der Waals surface area contributed by atoms with Crippen molar-refractivity contribution >= 4 is 12.4 Å². The summed E-state index contributed by atoms with van der Waals surface area (Å²) in [6.07, 6.45) is 6.11. The lowest BCUT2D eigenvalue weighted by Crippen LogP contribution is -2.32. The van der Waals surface area contributed by atoms with Crippen LogP contribution in [0.3, 0.4) is 0 Å². The number of hydrogen-bond donors (Lipinski definition) is 0. The molecule has 1 aliphatic rings. The molecule has 3 heteroatoms. The van der Waals surface area contributed by atoms with Gasteiger partial charge in [-0.15, -0.1) is 12.4 Å². The van der Waals surface area contributed by atoms with Gasteiger partial charge >= 0.3 is 0 Å². The Bertz CT molecular complexity index is 618. The first-order valence-electron chi connectivity index (χ1n) is 9.10. The minimum atomic E-state index is -0.106. The molecular formula is C22H30ClNO. The average Bonchev–Trinajstić information content (AvgIpc) is 2.62. The van der Waals surface area contributed by atoms with Crippen LogP contribution in [-0.2, 0) is 23.5 Å². The van der Waals surface area contributed by atoms with Crippen LogP contribution in [0.25, 0.3) is 0 Å². The van der Waals surface area contributed by atoms with Crippen LogP contribution in [0.4, 0.5) is 0 Å². The number of rotatable bonds is 6. The Morgan fingerprint density at radius 2 is 1.48 bits per heavy atom. The highest BCUT2D eigenvalue weighted by atomic mass is 35.5. The van der Waals surface area contributed by atoms with Gasteiger partial charge in [0.1, 0.15) is 0 Å². The molecule has 2 aromatic rings. The first-order valence-corrected chi connectivity index (χ1v) is 9.10. The molecule has 1 fully saturated rings. The van der Waals surface area contributed by atoms with Gasteiger partial charge in [-0.1, -0.05) is 73.9 Å². The molecule has 0 aliphatic heterocycles. The maximum absolute atomic E-state index is 6.55. The molecule has 0 radical (unpaired) electrons. The van der Waals surface area contributed by atoms with Crippen LogP contribution in [0.2, 0.25) is 0 Å². The van der Waals surface area contributed by atoms with Crippen LogP contribution in [0.15, 0.2) is 54.6 Å². The summed E-state index contributed by atoms with van der Waals surface area (Å²) >= 11 is 0. The lowest BCUT2D eigenvalue weighted by Gasteiger charge is -2.38. The van der Waals surface area contributed by atoms with Gasteiger partial charge in [-0.2, -0.15) is 0 Å². The molecular weight excluding hydrogens is 330 g/mol. The Labute approximate surface area is 158 Å². The molecule has 0 aromatic heterocycles. The van der Waals surface area contributed by atoms with E-state index in [0.29, 0.717) is 6.61 Å². The predicted molar refractivity (Wildman–Crippen MR) is 107 cm³/mol. The molecule has 136 valence electrons. The van der Waals surface area contributed by atoms with E-state index in [2.05, 4.69) is 73.6 Å². The van der Waals surface area contributed by atoms with Gasteiger partial charge in [0.15, 0.2) is 0 Å². The van der Waals surface area contributed by atoms with Crippen molar-refractivity contribution in [2.75, 3.05) is 14.1 Å². The van der Waals surface area contributed by atoms with E-state index >= 15 is 0 Å². The fourth-order valence-electron chi connectivity index (χ4n) is 3.71. The molecule has 0 heterocycles. The number of ether oxygens (including phenoxy) is 1. The SMILES string of the molecule is CN(C)Cc1ccc(C2(OCc3ccccc3)CCCCC2)cc1.Cl. The van der Waals surface area contributed by atoms with Crippen molar-refractivity contribution in [3.63, 3.8) is 0 Å². The third-order valence-electron chi connectivity index (χ3n) is 5.00. The standard InChI is InChI=1S/C22H29NO.ClH/c1-23(2)17-19-11-13-21(14-12-19)22(15-7-4-8-16-22)24-18-20-9-5-3-6-10-20;/h3,5-6,9-14H,4,7-8,15-18H2,1-2H3;1H. The summed E-state index contributed by atoms with van der Waals surface area (Å²) < 4.78 is 6.55. The third kappa shape index (κ3) is 5.31. The topological polar surface area (TPSA) is 12.5 Å². The zero-order chi connectivity index (χ0) is 16.8. The minimum Gasteiger partial charge on any atom is -0.366 e. The molecule has 25 heavy (non-hydrogen) atoms. The molecule has 3 rings (SSSR count). The molecule has 2 aromatic carbocycles. The van der Waals surface area contributed by atoms with E-state index in [1.54, 1.807) is 0 Å². The summed E-state index contributed by atoms with van der Waals surface area (Å²) in [6, 6.07) is 19.6. The van der Waals surface area contributed by atoms with Gasteiger partial charge in [0.05, 0.1) is 12.2 Å². The van der Waals surface area contributed by atoms with Crippen molar-refractivity contribution in [1.29, 1.82) is 0 Å². The third-order valence-corrected chi connectivity index (χ3v) is 5.00. The van der Waals surface area contributed by atoms with Gasteiger partial charge in [-0.25, -0.2) is 0 Å². The van der Waals surface area contributed by atoms with Crippen molar-refractivity contribution in [2.24, 2.45) is 0 Å². The van der Waals surface area contributed by atoms with Crippen LogP contribution in [0.5, 0.6) is 0 Å². The zero-order valence-electron chi connectivity index (χ0n) is 15.4. The largest absolute Gasteiger partial charge is 0.366 e. The van der Waals surface area contributed by atoms with Crippen molar-refractivity contribution < 1.29 is 4.74 Å². The Morgan fingerprint density at radius 3 is 2.08 bits per heavy atom. The van der Waals surface area contributed by atoms with E-state index in [1.807, 2.05) is 0 Å². The van der Waals surface area contributed by atoms with E-state index in [9.17, 15) is 0 Å². The Balaban J connectivity index is 0.00000225. The first kappa shape index (κ1) is 20.0. The monoisotopic (exact) mass is 359 g/mol. The Hall–Kier alpha value is -1.35. The molecule has 2 nitrogen and oxygen atoms in total. The predicted octanol–water partition coefficient (Wildman–Crippen LogP) is 5.55. The molecule has 0 saturated heterocycles. The molecule has 1 aliphatic carbocycles. The summed E-state index contributed by atoms with van der Waals surface area (Å²) in [6.45, 7) is 1.68. The molecule has 0 bridgehead atoms. The van der Waals surface area contributed by atoms with E-state index in [0.717, 1.165) is 19.4 Å². The molecule has 0 unspecified atom stereocenters. The van der Waals surface area contributed by atoms with E-state index in [4.69, 9.17) is 4.74 Å². The summed E-state index contributed by atoms with van der Waals surface area (Å²) in [7, 11) is 4.22. The Kier molecular flexibility index (Phi) is 7.49. The minimum absolute atomic E-state index is 0. The fourth-order valence-corrected chi connectivity index (χ4v) is 3.71. The molecule has 0 amide bonds. The maximum Gasteiger partial charge on any atom is 0.0935 e. The van der Waals surface area contributed by atoms with Gasteiger partial charge in [0.2, 0.25) is 0 Å². The van der Waals surface area contributed by atoms with Crippen LogP contribution in [-0.4, -0.2) is 19.0 Å². The summed E-state index contributed by atoms with van der Waals surface area (Å²) in [4.78, 5) is 2.21. The lowest BCUT2D eigenvalue weighted by molar-refractivity contribution is -0.0864. The maximum atomic E-state index is 6.55. The van der Waals surface area contributed by atoms with E-state index in [1.165, 1.54) is 36.0 Å². The van der Waals surface area contributed by atoms with Crippen molar-refractivity contribution in [2.45, 2.75) is 50.9 Å². The normalized spacial score (nSPS) is 16.4. The Morgan fingerprint density at radius 1 is 0.840 bits per heavy atom. The highest BCUT2D eigenvalue weighted by Crippen LogP contribution is 2.41. The average molecular weight is 360 g/mol. The fraction of sp³-hybridized carbons (Fsp3) is 0.455. The smallest absolute Gasteiger partial charge is 0.0935 e. The highest BCUT2D eigenvalue weighted by Gasteiger charge is 2.34. The quantitative estimate of drug-likeness (QED) is 0.670. The van der Waals surface area contributed by atoms with Crippen LogP contribution < -0.4 is 0 Å². The van der Waals surface area contributed by atoms with Crippen LogP contribution in [0, 0.1) is 0 Å². The summed E-state index contributed by atoms with van der Waals surface area (Å²) in [5.41, 5.74) is 3.86. The second-order valence-electron chi connectivity index (χ2n) is 7.26. The van der Waals surface area contributed by atoms with Crippen LogP contribution >= 0.6 is 12.4 Å². The lowest BCUT2D eigenvalue weighted by atomic mass is 9.79. The van der Waals surface area contributed by atoms with Gasteiger partial charge in [0, 0.05) is 6.54 Å². The van der Waals surface area contributed by atoms with E-state index < -0.39 is 0 Å². The van der Waals surface area contributed by atoms with Crippen molar-refractivity contribution in [3.05, 3.63) is 71.3 Å².